The van der Waals surface area contributed by atoms with E-state index in [1.165, 1.54) is 10.5 Å². The minimum atomic E-state index is -3.46. The van der Waals surface area contributed by atoms with E-state index in [1.54, 1.807) is 6.07 Å². The molecule has 2 N–H and O–H groups in total. The van der Waals surface area contributed by atoms with E-state index in [0.29, 0.717) is 37.2 Å². The van der Waals surface area contributed by atoms with E-state index in [2.05, 4.69) is 10.3 Å². The highest BCUT2D eigenvalue weighted by molar-refractivity contribution is 7.89. The maximum Gasteiger partial charge on any atom is 0.244 e. The number of aromatic amines is 1. The fourth-order valence-corrected chi connectivity index (χ4v) is 4.74. The molecule has 2 rings (SSSR count). The van der Waals surface area contributed by atoms with E-state index in [4.69, 9.17) is 0 Å². The minimum Gasteiger partial charge on any atom is -0.363 e. The molecule has 0 radical (unpaired) electrons. The number of hydrogen-bond donors (Lipinski definition) is 2. The molecule has 0 atom stereocenters. The monoisotopic (exact) mass is 319 g/mol. The molecule has 1 aliphatic heterocycles. The van der Waals surface area contributed by atoms with E-state index >= 15 is 0 Å². The molecule has 1 aliphatic rings. The van der Waals surface area contributed by atoms with Gasteiger partial charge in [0.15, 0.2) is 0 Å². The zero-order chi connectivity index (χ0) is 14.8. The van der Waals surface area contributed by atoms with Gasteiger partial charge < -0.3 is 10.3 Å². The van der Waals surface area contributed by atoms with E-state index in [-0.39, 0.29) is 4.90 Å². The summed E-state index contributed by atoms with van der Waals surface area (Å²) in [6.07, 6.45) is 1.53. The van der Waals surface area contributed by atoms with Crippen LogP contribution in [0.3, 0.4) is 0 Å². The molecule has 1 saturated heterocycles. The molecular formula is C12H21N3O3S2. The van der Waals surface area contributed by atoms with Gasteiger partial charge in [-0.1, -0.05) is 13.8 Å². The number of hydrogen-bond acceptors (Lipinski definition) is 4. The van der Waals surface area contributed by atoms with Gasteiger partial charge in [-0.25, -0.2) is 8.42 Å². The van der Waals surface area contributed by atoms with Crippen LogP contribution in [0.2, 0.25) is 0 Å². The molecule has 1 aromatic heterocycles. The lowest BCUT2D eigenvalue weighted by atomic mass is 10.3. The summed E-state index contributed by atoms with van der Waals surface area (Å²) >= 11 is 0. The molecule has 0 aliphatic carbocycles. The van der Waals surface area contributed by atoms with Gasteiger partial charge in [0.05, 0.1) is 4.90 Å². The average molecular weight is 319 g/mol. The molecule has 1 aromatic rings. The Labute approximate surface area is 122 Å². The fourth-order valence-electron chi connectivity index (χ4n) is 1.99. The fraction of sp³-hybridized carbons (Fsp3) is 0.667. The first-order chi connectivity index (χ1) is 9.39. The van der Waals surface area contributed by atoms with Crippen LogP contribution in [0.5, 0.6) is 0 Å². The van der Waals surface area contributed by atoms with Crippen LogP contribution in [0.25, 0.3) is 0 Å². The van der Waals surface area contributed by atoms with E-state index in [0.717, 1.165) is 5.69 Å². The molecule has 0 saturated carbocycles. The highest BCUT2D eigenvalue weighted by atomic mass is 32.2. The lowest BCUT2D eigenvalue weighted by Crippen LogP contribution is -2.41. The largest absolute Gasteiger partial charge is 0.363 e. The van der Waals surface area contributed by atoms with Crippen LogP contribution < -0.4 is 5.32 Å². The maximum absolute atomic E-state index is 12.4. The van der Waals surface area contributed by atoms with Crippen molar-refractivity contribution in [3.63, 3.8) is 0 Å². The van der Waals surface area contributed by atoms with Crippen molar-refractivity contribution >= 4 is 20.8 Å². The molecule has 8 heteroatoms. The third-order valence-corrected chi connectivity index (χ3v) is 6.34. The predicted molar refractivity (Wildman–Crippen MR) is 79.4 cm³/mol. The molecule has 0 aromatic carbocycles. The maximum atomic E-state index is 12.4. The van der Waals surface area contributed by atoms with Crippen molar-refractivity contribution in [2.75, 3.05) is 24.6 Å². The Kier molecular flexibility index (Phi) is 5.00. The van der Waals surface area contributed by atoms with Gasteiger partial charge in [0.25, 0.3) is 0 Å². The molecule has 6 nitrogen and oxygen atoms in total. The molecule has 114 valence electrons. The van der Waals surface area contributed by atoms with Gasteiger partial charge in [0.2, 0.25) is 10.0 Å². The van der Waals surface area contributed by atoms with Crippen LogP contribution in [-0.4, -0.2) is 52.6 Å². The Hall–Kier alpha value is -0.700. The van der Waals surface area contributed by atoms with Crippen LogP contribution in [-0.2, 0) is 27.4 Å². The highest BCUT2D eigenvalue weighted by Gasteiger charge is 2.28. The van der Waals surface area contributed by atoms with Gasteiger partial charge in [-0.3, -0.25) is 4.21 Å². The lowest BCUT2D eigenvalue weighted by Gasteiger charge is -2.24. The molecule has 2 heterocycles. The second kappa shape index (κ2) is 6.38. The van der Waals surface area contributed by atoms with Crippen molar-refractivity contribution in [3.05, 3.63) is 18.0 Å². The topological polar surface area (TPSA) is 82.3 Å². The Balaban J connectivity index is 2.08. The Morgan fingerprint density at radius 1 is 1.40 bits per heavy atom. The predicted octanol–water partition coefficient (Wildman–Crippen LogP) is 0.266. The number of aromatic nitrogens is 1. The van der Waals surface area contributed by atoms with Crippen molar-refractivity contribution in [2.45, 2.75) is 31.3 Å². The van der Waals surface area contributed by atoms with Crippen molar-refractivity contribution < 1.29 is 12.6 Å². The first kappa shape index (κ1) is 15.7. The average Bonchev–Trinajstić information content (AvgIpc) is 2.86. The van der Waals surface area contributed by atoms with E-state index < -0.39 is 20.8 Å². The number of H-pyrrole nitrogens is 1. The molecule has 0 bridgehead atoms. The van der Waals surface area contributed by atoms with Gasteiger partial charge in [-0.15, -0.1) is 0 Å². The van der Waals surface area contributed by atoms with Gasteiger partial charge in [0.1, 0.15) is 0 Å². The zero-order valence-electron chi connectivity index (χ0n) is 11.8. The third kappa shape index (κ3) is 3.69. The molecule has 1 fully saturated rings. The molecule has 0 spiro atoms. The zero-order valence-corrected chi connectivity index (χ0v) is 13.4. The highest BCUT2D eigenvalue weighted by Crippen LogP contribution is 2.18. The SMILES string of the molecule is CC(C)NCc1cc(S(=O)(=O)N2CCS(=O)CC2)c[nH]1. The summed E-state index contributed by atoms with van der Waals surface area (Å²) in [5, 5.41) is 3.23. The second-order valence-corrected chi connectivity index (χ2v) is 8.78. The molecular weight excluding hydrogens is 298 g/mol. The van der Waals surface area contributed by atoms with Crippen LogP contribution in [0.1, 0.15) is 19.5 Å². The van der Waals surface area contributed by atoms with Crippen molar-refractivity contribution in [2.24, 2.45) is 0 Å². The van der Waals surface area contributed by atoms with Crippen molar-refractivity contribution in [1.29, 1.82) is 0 Å². The first-order valence-corrected chi connectivity index (χ1v) is 9.58. The van der Waals surface area contributed by atoms with E-state index in [1.807, 2.05) is 13.8 Å². The summed E-state index contributed by atoms with van der Waals surface area (Å²) < 4.78 is 37.6. The second-order valence-electron chi connectivity index (χ2n) is 5.15. The quantitative estimate of drug-likeness (QED) is 0.816. The lowest BCUT2D eigenvalue weighted by molar-refractivity contribution is 0.439. The summed E-state index contributed by atoms with van der Waals surface area (Å²) in [6.45, 7) is 5.35. The van der Waals surface area contributed by atoms with Crippen LogP contribution >= 0.6 is 0 Å². The minimum absolute atomic E-state index is 0.283. The Bertz CT molecular complexity index is 571. The summed E-state index contributed by atoms with van der Waals surface area (Å²) in [5.74, 6) is 0.844. The van der Waals surface area contributed by atoms with Crippen LogP contribution in [0.15, 0.2) is 17.2 Å². The standard InChI is InChI=1S/C12H21N3O3S2/c1-10(2)13-8-11-7-12(9-14-11)20(17,18)15-3-5-19(16)6-4-15/h7,9-10,13-14H,3-6,8H2,1-2H3. The van der Waals surface area contributed by atoms with Gasteiger partial charge >= 0.3 is 0 Å². The van der Waals surface area contributed by atoms with Crippen molar-refractivity contribution in [3.8, 4) is 0 Å². The van der Waals surface area contributed by atoms with Crippen molar-refractivity contribution in [1.82, 2.24) is 14.6 Å². The number of nitrogens with zero attached hydrogens (tertiary/aromatic N) is 1. The summed E-state index contributed by atoms with van der Waals surface area (Å²) in [5.41, 5.74) is 0.845. The Morgan fingerprint density at radius 3 is 2.65 bits per heavy atom. The molecule has 0 unspecified atom stereocenters. The normalized spacial score (nSPS) is 18.8. The Morgan fingerprint density at radius 2 is 2.05 bits per heavy atom. The first-order valence-electron chi connectivity index (χ1n) is 6.65. The molecule has 0 amide bonds. The number of nitrogens with one attached hydrogen (secondary N) is 2. The summed E-state index contributed by atoms with van der Waals surface area (Å²) in [6, 6.07) is 2.01. The van der Waals surface area contributed by atoms with Crippen LogP contribution in [0, 0.1) is 0 Å². The van der Waals surface area contributed by atoms with Crippen LogP contribution in [0.4, 0.5) is 0 Å². The van der Waals surface area contributed by atoms with Gasteiger partial charge in [0, 0.05) is 59.9 Å². The summed E-state index contributed by atoms with van der Waals surface area (Å²) in [7, 11) is -4.34. The smallest absolute Gasteiger partial charge is 0.244 e. The number of sulfonamides is 1. The number of rotatable bonds is 5. The molecule has 20 heavy (non-hydrogen) atoms. The summed E-state index contributed by atoms with van der Waals surface area (Å²) in [4.78, 5) is 3.27. The van der Waals surface area contributed by atoms with Gasteiger partial charge in [-0.05, 0) is 6.07 Å². The van der Waals surface area contributed by atoms with Gasteiger partial charge in [-0.2, -0.15) is 4.31 Å². The van der Waals surface area contributed by atoms with E-state index in [9.17, 15) is 12.6 Å². The third-order valence-electron chi connectivity index (χ3n) is 3.19.